The summed E-state index contributed by atoms with van der Waals surface area (Å²) in [5.74, 6) is 0.828. The first-order valence-electron chi connectivity index (χ1n) is 4.75. The van der Waals surface area contributed by atoms with E-state index in [-0.39, 0.29) is 11.7 Å². The number of Topliss-reactive ketones (excluding diaryl/α,β-unsaturated/α-hetero) is 1. The molecule has 0 amide bonds. The predicted molar refractivity (Wildman–Crippen MR) is 44.6 cm³/mol. The summed E-state index contributed by atoms with van der Waals surface area (Å²) < 4.78 is 0. The summed E-state index contributed by atoms with van der Waals surface area (Å²) in [7, 11) is 0. The van der Waals surface area contributed by atoms with Gasteiger partial charge in [-0.2, -0.15) is 0 Å². The molecule has 0 aromatic heterocycles. The van der Waals surface area contributed by atoms with E-state index in [4.69, 9.17) is 0 Å². The van der Waals surface area contributed by atoms with Crippen LogP contribution in [0.15, 0.2) is 0 Å². The molecule has 2 rings (SSSR count). The van der Waals surface area contributed by atoms with Gasteiger partial charge in [0.2, 0.25) is 0 Å². The summed E-state index contributed by atoms with van der Waals surface area (Å²) in [5, 5.41) is 0. The zero-order valence-electron chi connectivity index (χ0n) is 7.38. The van der Waals surface area contributed by atoms with Crippen LogP contribution < -0.4 is 0 Å². The maximum absolute atomic E-state index is 11.7. The van der Waals surface area contributed by atoms with Gasteiger partial charge in [0.1, 0.15) is 12.1 Å². The van der Waals surface area contributed by atoms with Gasteiger partial charge in [-0.25, -0.2) is 0 Å². The summed E-state index contributed by atoms with van der Waals surface area (Å²) >= 11 is 0. The van der Waals surface area contributed by atoms with Gasteiger partial charge in [-0.3, -0.25) is 4.79 Å². The van der Waals surface area contributed by atoms with Crippen molar-refractivity contribution in [3.05, 3.63) is 0 Å². The van der Waals surface area contributed by atoms with E-state index >= 15 is 0 Å². The highest BCUT2D eigenvalue weighted by Gasteiger charge is 2.56. The Bertz CT molecular complexity index is 234. The van der Waals surface area contributed by atoms with Gasteiger partial charge in [-0.05, 0) is 31.6 Å². The molecule has 12 heavy (non-hydrogen) atoms. The largest absolute Gasteiger partial charge is 0.302 e. The molecule has 2 heteroatoms. The van der Waals surface area contributed by atoms with Gasteiger partial charge in [0.15, 0.2) is 0 Å². The van der Waals surface area contributed by atoms with Crippen molar-refractivity contribution < 1.29 is 9.59 Å². The van der Waals surface area contributed by atoms with Crippen LogP contribution in [0.25, 0.3) is 0 Å². The summed E-state index contributed by atoms with van der Waals surface area (Å²) in [6.07, 6.45) is 4.71. The number of hydrogen-bond donors (Lipinski definition) is 0. The van der Waals surface area contributed by atoms with Crippen molar-refractivity contribution in [2.24, 2.45) is 17.3 Å². The molecule has 66 valence electrons. The molecule has 2 saturated carbocycles. The Morgan fingerprint density at radius 2 is 2.33 bits per heavy atom. The van der Waals surface area contributed by atoms with Gasteiger partial charge in [-0.1, -0.05) is 6.92 Å². The minimum Gasteiger partial charge on any atom is -0.302 e. The Kier molecular flexibility index (Phi) is 1.60. The second kappa shape index (κ2) is 2.41. The lowest BCUT2D eigenvalue weighted by atomic mass is 9.71. The van der Waals surface area contributed by atoms with E-state index in [9.17, 15) is 9.59 Å². The van der Waals surface area contributed by atoms with E-state index < -0.39 is 5.41 Å². The fourth-order valence-electron chi connectivity index (χ4n) is 2.97. The fraction of sp³-hybridized carbons (Fsp3) is 0.800. The molecule has 3 atom stereocenters. The molecule has 0 aromatic rings. The van der Waals surface area contributed by atoms with Crippen molar-refractivity contribution in [2.45, 2.75) is 32.6 Å². The van der Waals surface area contributed by atoms with Crippen molar-refractivity contribution in [3.63, 3.8) is 0 Å². The van der Waals surface area contributed by atoms with Crippen LogP contribution in [0.4, 0.5) is 0 Å². The van der Waals surface area contributed by atoms with Crippen LogP contribution in [0.2, 0.25) is 0 Å². The van der Waals surface area contributed by atoms with E-state index in [0.717, 1.165) is 25.5 Å². The van der Waals surface area contributed by atoms with Crippen molar-refractivity contribution >= 4 is 12.1 Å². The van der Waals surface area contributed by atoms with Gasteiger partial charge in [0, 0.05) is 5.92 Å². The molecule has 2 aliphatic rings. The average molecular weight is 166 g/mol. The highest BCUT2D eigenvalue weighted by Crippen LogP contribution is 2.53. The lowest BCUT2D eigenvalue weighted by molar-refractivity contribution is -0.138. The van der Waals surface area contributed by atoms with Gasteiger partial charge in [0.25, 0.3) is 0 Å². The van der Waals surface area contributed by atoms with E-state index in [2.05, 4.69) is 0 Å². The molecule has 0 aliphatic heterocycles. The smallest absolute Gasteiger partial charge is 0.149 e. The molecule has 0 heterocycles. The highest BCUT2D eigenvalue weighted by atomic mass is 16.1. The summed E-state index contributed by atoms with van der Waals surface area (Å²) in [5.41, 5.74) is -0.567. The van der Waals surface area contributed by atoms with Gasteiger partial charge in [-0.15, -0.1) is 0 Å². The van der Waals surface area contributed by atoms with Crippen molar-refractivity contribution in [3.8, 4) is 0 Å². The topological polar surface area (TPSA) is 34.1 Å². The fourth-order valence-corrected chi connectivity index (χ4v) is 2.97. The molecule has 2 bridgehead atoms. The maximum Gasteiger partial charge on any atom is 0.149 e. The average Bonchev–Trinajstić information content (AvgIpc) is 2.64. The minimum atomic E-state index is -0.567. The Morgan fingerprint density at radius 1 is 1.58 bits per heavy atom. The van der Waals surface area contributed by atoms with Gasteiger partial charge < -0.3 is 4.79 Å². The second-order valence-corrected chi connectivity index (χ2v) is 4.08. The Morgan fingerprint density at radius 3 is 2.67 bits per heavy atom. The first kappa shape index (κ1) is 7.96. The SMILES string of the molecule is CCC1(C=O)C(=O)C2CCC1C2. The standard InChI is InChI=1S/C10H14O2/c1-2-10(6-11)8-4-3-7(5-8)9(10)12/h6-8H,2-5H2,1H3. The number of carbonyl (C=O) groups is 2. The Balaban J connectivity index is 2.36. The Labute approximate surface area is 72.3 Å². The highest BCUT2D eigenvalue weighted by molar-refractivity contribution is 6.02. The van der Waals surface area contributed by atoms with Crippen LogP contribution in [0.3, 0.4) is 0 Å². The number of fused-ring (bicyclic) bond motifs is 2. The molecule has 2 nitrogen and oxygen atoms in total. The molecule has 0 aromatic carbocycles. The number of rotatable bonds is 2. The molecular formula is C10H14O2. The molecule has 0 saturated heterocycles. The van der Waals surface area contributed by atoms with Crippen molar-refractivity contribution in [1.82, 2.24) is 0 Å². The third-order valence-electron chi connectivity index (χ3n) is 3.79. The molecule has 3 unspecified atom stereocenters. The molecular weight excluding hydrogens is 152 g/mol. The zero-order chi connectivity index (χ0) is 8.77. The summed E-state index contributed by atoms with van der Waals surface area (Å²) in [4.78, 5) is 22.7. The lowest BCUT2D eigenvalue weighted by Gasteiger charge is -2.29. The van der Waals surface area contributed by atoms with E-state index in [1.165, 1.54) is 0 Å². The van der Waals surface area contributed by atoms with E-state index in [0.29, 0.717) is 12.3 Å². The number of carbonyl (C=O) groups excluding carboxylic acids is 2. The molecule has 0 N–H and O–H groups in total. The summed E-state index contributed by atoms with van der Waals surface area (Å²) in [6, 6.07) is 0. The number of hydrogen-bond acceptors (Lipinski definition) is 2. The first-order chi connectivity index (χ1) is 5.74. The molecule has 2 fully saturated rings. The monoisotopic (exact) mass is 166 g/mol. The van der Waals surface area contributed by atoms with Crippen molar-refractivity contribution in [1.29, 1.82) is 0 Å². The normalized spacial score (nSPS) is 45.2. The van der Waals surface area contributed by atoms with Crippen molar-refractivity contribution in [2.75, 3.05) is 0 Å². The van der Waals surface area contributed by atoms with Gasteiger partial charge >= 0.3 is 0 Å². The first-order valence-corrected chi connectivity index (χ1v) is 4.75. The van der Waals surface area contributed by atoms with Crippen LogP contribution in [-0.4, -0.2) is 12.1 Å². The van der Waals surface area contributed by atoms with Crippen LogP contribution in [0, 0.1) is 17.3 Å². The van der Waals surface area contributed by atoms with Crippen LogP contribution in [0.5, 0.6) is 0 Å². The van der Waals surface area contributed by atoms with Crippen LogP contribution >= 0.6 is 0 Å². The third kappa shape index (κ3) is 0.706. The minimum absolute atomic E-state index is 0.222. The zero-order valence-corrected chi connectivity index (χ0v) is 7.38. The summed E-state index contributed by atoms with van der Waals surface area (Å²) in [6.45, 7) is 1.95. The number of ketones is 1. The van der Waals surface area contributed by atoms with E-state index in [1.54, 1.807) is 0 Å². The van der Waals surface area contributed by atoms with Crippen LogP contribution in [-0.2, 0) is 9.59 Å². The molecule has 0 radical (unpaired) electrons. The quantitative estimate of drug-likeness (QED) is 0.461. The Hall–Kier alpha value is -0.660. The lowest BCUT2D eigenvalue weighted by Crippen LogP contribution is -2.37. The maximum atomic E-state index is 11.7. The molecule has 0 spiro atoms. The van der Waals surface area contributed by atoms with Crippen LogP contribution in [0.1, 0.15) is 32.6 Å². The molecule has 2 aliphatic carbocycles. The number of aldehydes is 1. The second-order valence-electron chi connectivity index (χ2n) is 4.08. The predicted octanol–water partition coefficient (Wildman–Crippen LogP) is 1.58. The van der Waals surface area contributed by atoms with Gasteiger partial charge in [0.05, 0.1) is 5.41 Å². The third-order valence-corrected chi connectivity index (χ3v) is 3.79. The van der Waals surface area contributed by atoms with E-state index in [1.807, 2.05) is 6.92 Å².